The largest absolute Gasteiger partial charge is 0.387 e. The molecule has 0 bridgehead atoms. The summed E-state index contributed by atoms with van der Waals surface area (Å²) in [5.41, 5.74) is -0.600. The third kappa shape index (κ3) is 5.63. The summed E-state index contributed by atoms with van der Waals surface area (Å²) >= 11 is 1.82. The second-order valence-electron chi connectivity index (χ2n) is 6.48. The maximum absolute atomic E-state index is 10.4. The molecule has 0 spiro atoms. The average Bonchev–Trinajstić information content (AvgIpc) is 2.95. The fourth-order valence-corrected chi connectivity index (χ4v) is 4.36. The predicted octanol–water partition coefficient (Wildman–Crippen LogP) is 1.28. The standard InChI is InChI=1S/C16H32N4OS/c1-3-8-20-9-5-14(6-10-20)19-15(17-4-2)18-12-16(21)7-11-22-13-16/h14,21H,3-13H2,1-2H3,(H2,17,18,19). The van der Waals surface area contributed by atoms with Gasteiger partial charge >= 0.3 is 0 Å². The van der Waals surface area contributed by atoms with Crippen LogP contribution in [0.15, 0.2) is 4.99 Å². The van der Waals surface area contributed by atoms with Gasteiger partial charge in [0.15, 0.2) is 5.96 Å². The summed E-state index contributed by atoms with van der Waals surface area (Å²) in [6, 6.07) is 0.499. The number of rotatable bonds is 6. The molecule has 1 atom stereocenters. The molecule has 5 nitrogen and oxygen atoms in total. The van der Waals surface area contributed by atoms with Crippen LogP contribution in [-0.4, -0.2) is 71.8 Å². The van der Waals surface area contributed by atoms with E-state index in [1.165, 1.54) is 38.9 Å². The molecule has 0 aromatic rings. The van der Waals surface area contributed by atoms with Gasteiger partial charge in [0.1, 0.15) is 0 Å². The van der Waals surface area contributed by atoms with Crippen LogP contribution in [0.4, 0.5) is 0 Å². The number of hydrogen-bond acceptors (Lipinski definition) is 4. The van der Waals surface area contributed by atoms with Gasteiger partial charge in [0.2, 0.25) is 0 Å². The Morgan fingerprint density at radius 3 is 2.73 bits per heavy atom. The van der Waals surface area contributed by atoms with Gasteiger partial charge in [-0.25, -0.2) is 0 Å². The van der Waals surface area contributed by atoms with E-state index in [1.807, 2.05) is 11.8 Å². The minimum absolute atomic E-state index is 0.499. The van der Waals surface area contributed by atoms with E-state index < -0.39 is 5.60 Å². The molecule has 0 saturated carbocycles. The maximum Gasteiger partial charge on any atom is 0.191 e. The SMILES string of the molecule is CCCN1CCC(NC(=NCC2(O)CCSC2)NCC)CC1. The fraction of sp³-hybridized carbons (Fsp3) is 0.938. The zero-order valence-electron chi connectivity index (χ0n) is 14.1. The summed E-state index contributed by atoms with van der Waals surface area (Å²) in [4.78, 5) is 7.18. The van der Waals surface area contributed by atoms with Crippen molar-refractivity contribution in [1.82, 2.24) is 15.5 Å². The normalized spacial score (nSPS) is 28.0. The van der Waals surface area contributed by atoms with E-state index in [2.05, 4.69) is 34.4 Å². The van der Waals surface area contributed by atoms with Gasteiger partial charge in [-0.1, -0.05) is 6.92 Å². The number of aliphatic imine (C=N–C) groups is 1. The summed E-state index contributed by atoms with van der Waals surface area (Å²) in [7, 11) is 0. The number of nitrogens with one attached hydrogen (secondary N) is 2. The molecule has 22 heavy (non-hydrogen) atoms. The number of likely N-dealkylation sites (tertiary alicyclic amines) is 1. The van der Waals surface area contributed by atoms with Gasteiger partial charge in [0.05, 0.1) is 12.1 Å². The highest BCUT2D eigenvalue weighted by Gasteiger charge is 2.31. The van der Waals surface area contributed by atoms with E-state index >= 15 is 0 Å². The highest BCUT2D eigenvalue weighted by Crippen LogP contribution is 2.27. The van der Waals surface area contributed by atoms with Gasteiger partial charge in [0, 0.05) is 31.4 Å². The van der Waals surface area contributed by atoms with Gasteiger partial charge in [-0.15, -0.1) is 0 Å². The van der Waals surface area contributed by atoms with Crippen LogP contribution in [0.1, 0.15) is 39.5 Å². The molecule has 3 N–H and O–H groups in total. The molecule has 128 valence electrons. The molecular weight excluding hydrogens is 296 g/mol. The lowest BCUT2D eigenvalue weighted by atomic mass is 10.0. The van der Waals surface area contributed by atoms with Crippen molar-refractivity contribution in [3.63, 3.8) is 0 Å². The quantitative estimate of drug-likeness (QED) is 0.507. The van der Waals surface area contributed by atoms with Crippen LogP contribution < -0.4 is 10.6 Å². The van der Waals surface area contributed by atoms with Crippen molar-refractivity contribution in [1.29, 1.82) is 0 Å². The fourth-order valence-electron chi connectivity index (χ4n) is 3.08. The Kier molecular flexibility index (Phi) is 7.31. The first-order valence-corrected chi connectivity index (χ1v) is 9.88. The van der Waals surface area contributed by atoms with Crippen molar-refractivity contribution in [3.05, 3.63) is 0 Å². The second kappa shape index (κ2) is 8.99. The zero-order chi connectivity index (χ0) is 15.8. The smallest absolute Gasteiger partial charge is 0.191 e. The van der Waals surface area contributed by atoms with Crippen LogP contribution in [-0.2, 0) is 0 Å². The molecule has 2 saturated heterocycles. The van der Waals surface area contributed by atoms with Crippen molar-refractivity contribution in [2.24, 2.45) is 4.99 Å². The Balaban J connectivity index is 1.81. The van der Waals surface area contributed by atoms with Crippen molar-refractivity contribution >= 4 is 17.7 Å². The number of guanidine groups is 1. The molecule has 0 aromatic carbocycles. The molecule has 0 amide bonds. The maximum atomic E-state index is 10.4. The molecule has 1 unspecified atom stereocenters. The predicted molar refractivity (Wildman–Crippen MR) is 95.8 cm³/mol. The molecule has 2 fully saturated rings. The van der Waals surface area contributed by atoms with Crippen LogP contribution in [0.2, 0.25) is 0 Å². The Hall–Kier alpha value is -0.460. The van der Waals surface area contributed by atoms with Crippen LogP contribution in [0, 0.1) is 0 Å². The Morgan fingerprint density at radius 2 is 2.14 bits per heavy atom. The molecule has 2 heterocycles. The lowest BCUT2D eigenvalue weighted by Crippen LogP contribution is -2.49. The van der Waals surface area contributed by atoms with Crippen molar-refractivity contribution in [3.8, 4) is 0 Å². The number of nitrogens with zero attached hydrogens (tertiary/aromatic N) is 2. The van der Waals surface area contributed by atoms with E-state index in [1.54, 1.807) is 0 Å². The molecule has 2 aliphatic heterocycles. The minimum Gasteiger partial charge on any atom is -0.387 e. The topological polar surface area (TPSA) is 59.9 Å². The molecular formula is C16H32N4OS. The Morgan fingerprint density at radius 1 is 1.36 bits per heavy atom. The molecule has 6 heteroatoms. The minimum atomic E-state index is -0.600. The first kappa shape index (κ1) is 17.9. The summed E-state index contributed by atoms with van der Waals surface area (Å²) in [6.07, 6.45) is 4.43. The van der Waals surface area contributed by atoms with Crippen molar-refractivity contribution < 1.29 is 5.11 Å². The van der Waals surface area contributed by atoms with Crippen molar-refractivity contribution in [2.45, 2.75) is 51.2 Å². The van der Waals surface area contributed by atoms with E-state index in [4.69, 9.17) is 0 Å². The zero-order valence-corrected chi connectivity index (χ0v) is 14.9. The monoisotopic (exact) mass is 328 g/mol. The molecule has 2 aliphatic rings. The molecule has 2 rings (SSSR count). The van der Waals surface area contributed by atoms with Gasteiger partial charge in [-0.3, -0.25) is 4.99 Å². The second-order valence-corrected chi connectivity index (χ2v) is 7.59. The van der Waals surface area contributed by atoms with Gasteiger partial charge in [-0.05, 0) is 44.9 Å². The van der Waals surface area contributed by atoms with E-state index in [0.29, 0.717) is 12.6 Å². The third-order valence-corrected chi connectivity index (χ3v) is 5.66. The number of piperidine rings is 1. The molecule has 0 radical (unpaired) electrons. The highest BCUT2D eigenvalue weighted by atomic mass is 32.2. The number of thioether (sulfide) groups is 1. The summed E-state index contributed by atoms with van der Waals surface area (Å²) in [6.45, 7) is 9.24. The molecule has 0 aliphatic carbocycles. The van der Waals surface area contributed by atoms with Gasteiger partial charge in [0.25, 0.3) is 0 Å². The Labute approximate surface area is 139 Å². The van der Waals surface area contributed by atoms with Gasteiger partial charge in [-0.2, -0.15) is 11.8 Å². The van der Waals surface area contributed by atoms with Gasteiger partial charge < -0.3 is 20.6 Å². The van der Waals surface area contributed by atoms with Crippen LogP contribution in [0.5, 0.6) is 0 Å². The first-order valence-electron chi connectivity index (χ1n) is 8.72. The Bertz CT molecular complexity index is 350. The summed E-state index contributed by atoms with van der Waals surface area (Å²) in [5.74, 6) is 2.72. The number of hydrogen-bond donors (Lipinski definition) is 3. The summed E-state index contributed by atoms with van der Waals surface area (Å²) in [5, 5.41) is 17.3. The van der Waals surface area contributed by atoms with Crippen molar-refractivity contribution in [2.75, 3.05) is 44.2 Å². The van der Waals surface area contributed by atoms with E-state index in [0.717, 1.165) is 30.4 Å². The number of aliphatic hydroxyl groups is 1. The summed E-state index contributed by atoms with van der Waals surface area (Å²) < 4.78 is 0. The van der Waals surface area contributed by atoms with Crippen LogP contribution in [0.25, 0.3) is 0 Å². The van der Waals surface area contributed by atoms with E-state index in [9.17, 15) is 5.11 Å². The average molecular weight is 329 g/mol. The van der Waals surface area contributed by atoms with E-state index in [-0.39, 0.29) is 0 Å². The third-order valence-electron chi connectivity index (χ3n) is 4.43. The molecule has 0 aromatic heterocycles. The highest BCUT2D eigenvalue weighted by molar-refractivity contribution is 7.99. The first-order chi connectivity index (χ1) is 10.6. The lowest BCUT2D eigenvalue weighted by molar-refractivity contribution is 0.0778. The lowest BCUT2D eigenvalue weighted by Gasteiger charge is -2.33. The van der Waals surface area contributed by atoms with Crippen LogP contribution in [0.3, 0.4) is 0 Å². The van der Waals surface area contributed by atoms with Crippen LogP contribution >= 0.6 is 11.8 Å².